The minimum Gasteiger partial charge on any atom is -0.477 e. The van der Waals surface area contributed by atoms with Gasteiger partial charge in [-0.25, -0.2) is 9.59 Å². The molecule has 9 heteroatoms. The number of β-lactam (4-membered cyclic amide) rings is 1. The molecular weight excluding hydrogens is 276 g/mol. The summed E-state index contributed by atoms with van der Waals surface area (Å²) in [5, 5.41) is 8.85. The second kappa shape index (κ2) is 5.10. The monoisotopic (exact) mass is 288 g/mol. The van der Waals surface area contributed by atoms with Crippen LogP contribution in [0.25, 0.3) is 0 Å². The molecule has 2 aliphatic heterocycles. The van der Waals surface area contributed by atoms with Crippen molar-refractivity contribution in [2.24, 2.45) is 5.73 Å². The van der Waals surface area contributed by atoms with E-state index in [1.165, 1.54) is 18.9 Å². The third-order valence-corrected chi connectivity index (χ3v) is 4.16. The second-order valence-corrected chi connectivity index (χ2v) is 5.04. The van der Waals surface area contributed by atoms with E-state index in [2.05, 4.69) is 4.74 Å². The van der Waals surface area contributed by atoms with Crippen LogP contribution in [0.5, 0.6) is 0 Å². The first-order valence-electron chi connectivity index (χ1n) is 5.32. The molecule has 104 valence electrons. The summed E-state index contributed by atoms with van der Waals surface area (Å²) in [5.41, 5.74) is 5.03. The average Bonchev–Trinajstić information content (AvgIpc) is 2.35. The number of hydrogen-bond donors (Lipinski definition) is 2. The first-order chi connectivity index (χ1) is 8.97. The topological polar surface area (TPSA) is 119 Å². The normalized spacial score (nSPS) is 25.7. The Bertz CT molecular complexity index is 477. The number of carbonyl (C=O) groups is 3. The van der Waals surface area contributed by atoms with Crippen LogP contribution in [-0.2, 0) is 19.1 Å². The van der Waals surface area contributed by atoms with E-state index in [1.54, 1.807) is 0 Å². The van der Waals surface area contributed by atoms with Gasteiger partial charge in [0, 0.05) is 18.4 Å². The Morgan fingerprint density at radius 2 is 2.26 bits per heavy atom. The quantitative estimate of drug-likeness (QED) is 0.660. The van der Waals surface area contributed by atoms with E-state index in [0.717, 1.165) is 4.90 Å². The van der Waals surface area contributed by atoms with Crippen LogP contribution in [0.3, 0.4) is 0 Å². The van der Waals surface area contributed by atoms with Gasteiger partial charge in [0.15, 0.2) is 6.10 Å². The number of methoxy groups -OCH3 is 1. The maximum atomic E-state index is 11.8. The van der Waals surface area contributed by atoms with Crippen molar-refractivity contribution < 1.29 is 29.0 Å². The van der Waals surface area contributed by atoms with Crippen LogP contribution < -0.4 is 5.73 Å². The maximum absolute atomic E-state index is 11.8. The highest BCUT2D eigenvalue weighted by Crippen LogP contribution is 2.41. The van der Waals surface area contributed by atoms with Gasteiger partial charge in [-0.1, -0.05) is 0 Å². The largest absolute Gasteiger partial charge is 0.477 e. The Hall–Kier alpha value is -1.74. The summed E-state index contributed by atoms with van der Waals surface area (Å²) < 4.78 is 9.59. The smallest absolute Gasteiger partial charge is 0.404 e. The molecule has 3 N–H and O–H groups in total. The molecule has 0 aromatic heterocycles. The molecule has 0 aromatic rings. The predicted molar refractivity (Wildman–Crippen MR) is 64.1 cm³/mol. The van der Waals surface area contributed by atoms with Crippen molar-refractivity contribution in [1.29, 1.82) is 0 Å². The number of nitrogens with two attached hydrogens (primary N) is 1. The number of carboxylic acid groups (broad SMARTS) is 1. The van der Waals surface area contributed by atoms with Crippen molar-refractivity contribution in [2.75, 3.05) is 19.5 Å². The summed E-state index contributed by atoms with van der Waals surface area (Å²) in [7, 11) is 1.40. The number of thioether (sulfide) groups is 1. The molecule has 0 unspecified atom stereocenters. The van der Waals surface area contributed by atoms with Crippen molar-refractivity contribution in [1.82, 2.24) is 4.90 Å². The molecule has 0 spiro atoms. The molecule has 0 bridgehead atoms. The third-order valence-electron chi connectivity index (χ3n) is 2.84. The number of carboxylic acids is 1. The summed E-state index contributed by atoms with van der Waals surface area (Å²) in [6.07, 6.45) is -1.62. The van der Waals surface area contributed by atoms with E-state index in [1.807, 2.05) is 0 Å². The van der Waals surface area contributed by atoms with Crippen molar-refractivity contribution >= 4 is 29.7 Å². The van der Waals surface area contributed by atoms with Gasteiger partial charge in [-0.2, -0.15) is 0 Å². The van der Waals surface area contributed by atoms with Crippen LogP contribution in [0.2, 0.25) is 0 Å². The fraction of sp³-hybridized carbons (Fsp3) is 0.500. The van der Waals surface area contributed by atoms with Crippen molar-refractivity contribution in [3.05, 3.63) is 11.3 Å². The van der Waals surface area contributed by atoms with E-state index in [4.69, 9.17) is 10.5 Å². The standard InChI is InChI=1S/C10H12N2O6S/c1-17-6-7(13)12-5(9(14)15)4(2-18-10(11)16)3-19-8(6)12/h6,8H,2-3H2,1H3,(H2,11,16)(H,14,15)/t6-,8+/m0/s1. The Balaban J connectivity index is 2.25. The van der Waals surface area contributed by atoms with Gasteiger partial charge in [0.1, 0.15) is 17.7 Å². The first-order valence-corrected chi connectivity index (χ1v) is 6.37. The number of primary amides is 1. The zero-order valence-electron chi connectivity index (χ0n) is 9.99. The lowest BCUT2D eigenvalue weighted by Gasteiger charge is -2.48. The number of fused-ring (bicyclic) bond motifs is 1. The summed E-state index contributed by atoms with van der Waals surface area (Å²) in [4.78, 5) is 34.8. The van der Waals surface area contributed by atoms with Crippen LogP contribution in [0.15, 0.2) is 11.3 Å². The molecule has 0 aliphatic carbocycles. The molecule has 8 nitrogen and oxygen atoms in total. The van der Waals surface area contributed by atoms with Crippen molar-refractivity contribution in [3.8, 4) is 0 Å². The van der Waals surface area contributed by atoms with Gasteiger partial charge in [-0.15, -0.1) is 11.8 Å². The fourth-order valence-corrected chi connectivity index (χ4v) is 3.35. The molecule has 2 amide bonds. The Labute approximate surface area is 112 Å². The van der Waals surface area contributed by atoms with Gasteiger partial charge in [0.2, 0.25) is 0 Å². The molecule has 2 heterocycles. The SMILES string of the molecule is CO[C@H]1C(=O)N2C(C(=O)O)=C(COC(N)=O)CS[C@H]12. The van der Waals surface area contributed by atoms with Gasteiger partial charge in [-0.05, 0) is 0 Å². The zero-order valence-corrected chi connectivity index (χ0v) is 10.8. The van der Waals surface area contributed by atoms with Gasteiger partial charge < -0.3 is 20.3 Å². The van der Waals surface area contributed by atoms with Crippen molar-refractivity contribution in [3.63, 3.8) is 0 Å². The van der Waals surface area contributed by atoms with E-state index >= 15 is 0 Å². The number of nitrogens with zero attached hydrogens (tertiary/aromatic N) is 1. The lowest BCUT2D eigenvalue weighted by Crippen LogP contribution is -2.65. The van der Waals surface area contributed by atoms with E-state index in [0.29, 0.717) is 11.3 Å². The second-order valence-electron chi connectivity index (χ2n) is 3.93. The Kier molecular flexibility index (Phi) is 3.67. The Morgan fingerprint density at radius 3 is 2.79 bits per heavy atom. The molecular formula is C10H12N2O6S. The third kappa shape index (κ3) is 2.26. The summed E-state index contributed by atoms with van der Waals surface area (Å²) in [6, 6.07) is 0. The van der Waals surface area contributed by atoms with Crippen LogP contribution in [0.4, 0.5) is 4.79 Å². The van der Waals surface area contributed by atoms with Crippen molar-refractivity contribution in [2.45, 2.75) is 11.5 Å². The fourth-order valence-electron chi connectivity index (χ4n) is 2.00. The minimum absolute atomic E-state index is 0.150. The molecule has 0 radical (unpaired) electrons. The van der Waals surface area contributed by atoms with Gasteiger partial charge in [0.05, 0.1) is 0 Å². The molecule has 19 heavy (non-hydrogen) atoms. The highest BCUT2D eigenvalue weighted by atomic mass is 32.2. The van der Waals surface area contributed by atoms with Crippen LogP contribution in [0.1, 0.15) is 0 Å². The number of carbonyl (C=O) groups excluding carboxylic acids is 2. The summed E-state index contributed by atoms with van der Waals surface area (Å²) >= 11 is 1.36. The molecule has 1 fully saturated rings. The molecule has 0 aromatic carbocycles. The van der Waals surface area contributed by atoms with Crippen LogP contribution in [0, 0.1) is 0 Å². The number of rotatable bonds is 4. The lowest BCUT2D eigenvalue weighted by molar-refractivity contribution is -0.162. The van der Waals surface area contributed by atoms with Gasteiger partial charge in [0.25, 0.3) is 5.91 Å². The summed E-state index contributed by atoms with van der Waals surface area (Å²) in [6.45, 7) is -0.238. The van der Waals surface area contributed by atoms with Gasteiger partial charge in [-0.3, -0.25) is 9.69 Å². The average molecular weight is 288 g/mol. The molecule has 2 aliphatic rings. The minimum atomic E-state index is -1.24. The summed E-state index contributed by atoms with van der Waals surface area (Å²) in [5.74, 6) is -1.31. The van der Waals surface area contributed by atoms with Crippen LogP contribution >= 0.6 is 11.8 Å². The highest BCUT2D eigenvalue weighted by molar-refractivity contribution is 8.00. The number of amides is 2. The Morgan fingerprint density at radius 1 is 1.58 bits per heavy atom. The molecule has 2 rings (SSSR count). The van der Waals surface area contributed by atoms with E-state index in [-0.39, 0.29) is 17.7 Å². The molecule has 0 saturated carbocycles. The zero-order chi connectivity index (χ0) is 14.2. The van der Waals surface area contributed by atoms with Crippen LogP contribution in [-0.4, -0.2) is 58.9 Å². The number of aliphatic carboxylic acids is 1. The lowest BCUT2D eigenvalue weighted by atomic mass is 10.1. The molecule has 1 saturated heterocycles. The van der Waals surface area contributed by atoms with E-state index in [9.17, 15) is 19.5 Å². The number of ether oxygens (including phenoxy) is 2. The van der Waals surface area contributed by atoms with Gasteiger partial charge >= 0.3 is 12.1 Å². The molecule has 2 atom stereocenters. The number of hydrogen-bond acceptors (Lipinski definition) is 6. The van der Waals surface area contributed by atoms with E-state index < -0.39 is 24.1 Å². The predicted octanol–water partition coefficient (Wildman–Crippen LogP) is -0.649. The maximum Gasteiger partial charge on any atom is 0.404 e. The first kappa shape index (κ1) is 13.7. The highest BCUT2D eigenvalue weighted by Gasteiger charge is 2.54.